The lowest BCUT2D eigenvalue weighted by Gasteiger charge is -2.22. The summed E-state index contributed by atoms with van der Waals surface area (Å²) in [6.45, 7) is 7.18. The minimum Gasteiger partial charge on any atom is -0.383 e. The summed E-state index contributed by atoms with van der Waals surface area (Å²) in [7, 11) is 1.59. The molecule has 1 aromatic heterocycles. The van der Waals surface area contributed by atoms with Crippen LogP contribution in [0.5, 0.6) is 0 Å². The van der Waals surface area contributed by atoms with Crippen molar-refractivity contribution in [1.29, 1.82) is 0 Å². The lowest BCUT2D eigenvalue weighted by molar-refractivity contribution is 0.0748. The van der Waals surface area contributed by atoms with Gasteiger partial charge in [-0.15, -0.1) is 0 Å². The maximum Gasteiger partial charge on any atom is 0.287 e. The van der Waals surface area contributed by atoms with Crippen molar-refractivity contribution >= 4 is 11.8 Å². The number of ether oxygens (including phenoxy) is 1. The van der Waals surface area contributed by atoms with E-state index in [0.29, 0.717) is 37.8 Å². The lowest BCUT2D eigenvalue weighted by atomic mass is 10.1. The van der Waals surface area contributed by atoms with Gasteiger partial charge in [-0.05, 0) is 32.1 Å². The van der Waals surface area contributed by atoms with E-state index < -0.39 is 0 Å². The first kappa shape index (κ1) is 19.4. The number of imidazole rings is 1. The lowest BCUT2D eigenvalue weighted by Crippen LogP contribution is -2.33. The molecule has 0 aliphatic carbocycles. The van der Waals surface area contributed by atoms with E-state index in [2.05, 4.69) is 24.1 Å². The van der Waals surface area contributed by atoms with Crippen molar-refractivity contribution in [2.24, 2.45) is 0 Å². The van der Waals surface area contributed by atoms with E-state index in [4.69, 9.17) is 4.74 Å². The zero-order valence-electron chi connectivity index (χ0n) is 15.6. The highest BCUT2D eigenvalue weighted by Gasteiger charge is 2.29. The van der Waals surface area contributed by atoms with Gasteiger partial charge in [0.25, 0.3) is 11.8 Å². The standard InChI is InChI=1S/C18H30N4O3/c1-4-10-21(11-5-2)18(24)15-14-8-6-7-12-22(14)16(20-15)17(23)19-9-13-25-3/h4-13H2,1-3H3,(H,19,23). The summed E-state index contributed by atoms with van der Waals surface area (Å²) in [5, 5.41) is 2.81. The molecule has 2 heterocycles. The van der Waals surface area contributed by atoms with Gasteiger partial charge in [-0.2, -0.15) is 0 Å². The predicted molar refractivity (Wildman–Crippen MR) is 95.9 cm³/mol. The molecule has 1 N–H and O–H groups in total. The second kappa shape index (κ2) is 9.56. The topological polar surface area (TPSA) is 76.5 Å². The Hall–Kier alpha value is -1.89. The monoisotopic (exact) mass is 350 g/mol. The van der Waals surface area contributed by atoms with Crippen LogP contribution in [0.2, 0.25) is 0 Å². The van der Waals surface area contributed by atoms with E-state index in [1.165, 1.54) is 0 Å². The minimum absolute atomic E-state index is 0.0507. The smallest absolute Gasteiger partial charge is 0.287 e. The Kier molecular flexibility index (Phi) is 7.43. The third kappa shape index (κ3) is 4.60. The number of carbonyl (C=O) groups excluding carboxylic acids is 2. The fourth-order valence-electron chi connectivity index (χ4n) is 3.24. The molecule has 2 amide bonds. The van der Waals surface area contributed by atoms with Crippen LogP contribution in [0.15, 0.2) is 0 Å². The van der Waals surface area contributed by atoms with Gasteiger partial charge in [-0.3, -0.25) is 9.59 Å². The van der Waals surface area contributed by atoms with Gasteiger partial charge in [0.1, 0.15) is 5.69 Å². The van der Waals surface area contributed by atoms with Crippen molar-refractivity contribution in [3.8, 4) is 0 Å². The largest absolute Gasteiger partial charge is 0.383 e. The van der Waals surface area contributed by atoms with Crippen LogP contribution in [0.3, 0.4) is 0 Å². The Morgan fingerprint density at radius 2 is 1.96 bits per heavy atom. The number of aromatic nitrogens is 2. The van der Waals surface area contributed by atoms with E-state index in [1.807, 2.05) is 9.47 Å². The quantitative estimate of drug-likeness (QED) is 0.690. The predicted octanol–water partition coefficient (Wildman–Crippen LogP) is 1.86. The van der Waals surface area contributed by atoms with Crippen LogP contribution in [0, 0.1) is 0 Å². The number of hydrogen-bond acceptors (Lipinski definition) is 4. The van der Waals surface area contributed by atoms with Gasteiger partial charge in [0.05, 0.1) is 12.3 Å². The molecule has 7 heteroatoms. The fraction of sp³-hybridized carbons (Fsp3) is 0.722. The van der Waals surface area contributed by atoms with Gasteiger partial charge >= 0.3 is 0 Å². The van der Waals surface area contributed by atoms with Crippen molar-refractivity contribution in [2.45, 2.75) is 52.5 Å². The molecular formula is C18H30N4O3. The normalized spacial score (nSPS) is 13.4. The number of carbonyl (C=O) groups is 2. The molecule has 0 fully saturated rings. The highest BCUT2D eigenvalue weighted by Crippen LogP contribution is 2.22. The maximum absolute atomic E-state index is 13.0. The van der Waals surface area contributed by atoms with Crippen LogP contribution >= 0.6 is 0 Å². The Bertz CT molecular complexity index is 591. The Labute approximate surface area is 149 Å². The van der Waals surface area contributed by atoms with Crippen LogP contribution < -0.4 is 5.32 Å². The van der Waals surface area contributed by atoms with Gasteiger partial charge < -0.3 is 19.5 Å². The molecule has 0 radical (unpaired) electrons. The Morgan fingerprint density at radius 1 is 1.24 bits per heavy atom. The number of rotatable bonds is 9. The first-order valence-electron chi connectivity index (χ1n) is 9.29. The molecule has 25 heavy (non-hydrogen) atoms. The molecule has 0 spiro atoms. The van der Waals surface area contributed by atoms with Gasteiger partial charge in [0, 0.05) is 33.3 Å². The molecule has 1 aliphatic rings. The highest BCUT2D eigenvalue weighted by molar-refractivity contribution is 5.97. The average Bonchev–Trinajstić information content (AvgIpc) is 3.01. The molecule has 0 saturated heterocycles. The summed E-state index contributed by atoms with van der Waals surface area (Å²) < 4.78 is 6.89. The molecule has 1 aliphatic heterocycles. The van der Waals surface area contributed by atoms with Crippen molar-refractivity contribution in [2.75, 3.05) is 33.4 Å². The SMILES string of the molecule is CCCN(CCC)C(=O)c1nc(C(=O)NCCOC)n2c1CCCC2. The number of fused-ring (bicyclic) bond motifs is 1. The minimum atomic E-state index is -0.239. The molecular weight excluding hydrogens is 320 g/mol. The van der Waals surface area contributed by atoms with Crippen LogP contribution in [-0.4, -0.2) is 59.6 Å². The summed E-state index contributed by atoms with van der Waals surface area (Å²) >= 11 is 0. The number of methoxy groups -OCH3 is 1. The van der Waals surface area contributed by atoms with Crippen LogP contribution in [-0.2, 0) is 17.7 Å². The summed E-state index contributed by atoms with van der Waals surface area (Å²) in [6.07, 6.45) is 4.64. The van der Waals surface area contributed by atoms with Crippen LogP contribution in [0.4, 0.5) is 0 Å². The number of hydrogen-bond donors (Lipinski definition) is 1. The van der Waals surface area contributed by atoms with E-state index in [1.54, 1.807) is 7.11 Å². The molecule has 7 nitrogen and oxygen atoms in total. The van der Waals surface area contributed by atoms with Crippen molar-refractivity contribution in [3.63, 3.8) is 0 Å². The molecule has 0 saturated carbocycles. The maximum atomic E-state index is 13.0. The number of nitrogens with one attached hydrogen (secondary N) is 1. The summed E-state index contributed by atoms with van der Waals surface area (Å²) in [6, 6.07) is 0. The molecule has 0 unspecified atom stereocenters. The van der Waals surface area contributed by atoms with E-state index in [0.717, 1.165) is 44.3 Å². The molecule has 2 rings (SSSR count). The number of amides is 2. The second-order valence-electron chi connectivity index (χ2n) is 6.38. The van der Waals surface area contributed by atoms with E-state index in [9.17, 15) is 9.59 Å². The summed E-state index contributed by atoms with van der Waals surface area (Å²) in [5.74, 6) is 0.0594. The summed E-state index contributed by atoms with van der Waals surface area (Å²) in [5.41, 5.74) is 1.36. The zero-order chi connectivity index (χ0) is 18.2. The fourth-order valence-corrected chi connectivity index (χ4v) is 3.24. The first-order chi connectivity index (χ1) is 12.1. The van der Waals surface area contributed by atoms with E-state index in [-0.39, 0.29) is 11.8 Å². The average molecular weight is 350 g/mol. The van der Waals surface area contributed by atoms with Crippen molar-refractivity contribution in [1.82, 2.24) is 19.8 Å². The van der Waals surface area contributed by atoms with Gasteiger partial charge in [-0.1, -0.05) is 13.8 Å². The third-order valence-corrected chi connectivity index (χ3v) is 4.39. The zero-order valence-corrected chi connectivity index (χ0v) is 15.6. The molecule has 0 atom stereocenters. The summed E-state index contributed by atoms with van der Waals surface area (Å²) in [4.78, 5) is 31.8. The Balaban J connectivity index is 2.29. The third-order valence-electron chi connectivity index (χ3n) is 4.39. The van der Waals surface area contributed by atoms with Gasteiger partial charge in [0.2, 0.25) is 0 Å². The van der Waals surface area contributed by atoms with Crippen LogP contribution in [0.1, 0.15) is 66.3 Å². The Morgan fingerprint density at radius 3 is 2.60 bits per heavy atom. The number of nitrogens with zero attached hydrogens (tertiary/aromatic N) is 3. The van der Waals surface area contributed by atoms with Crippen molar-refractivity contribution < 1.29 is 14.3 Å². The first-order valence-corrected chi connectivity index (χ1v) is 9.29. The molecule has 140 valence electrons. The van der Waals surface area contributed by atoms with Crippen LogP contribution in [0.25, 0.3) is 0 Å². The molecule has 1 aromatic rings. The van der Waals surface area contributed by atoms with E-state index >= 15 is 0 Å². The second-order valence-corrected chi connectivity index (χ2v) is 6.38. The van der Waals surface area contributed by atoms with Crippen molar-refractivity contribution in [3.05, 3.63) is 17.2 Å². The van der Waals surface area contributed by atoms with Gasteiger partial charge in [-0.25, -0.2) is 4.98 Å². The van der Waals surface area contributed by atoms with Gasteiger partial charge in [0.15, 0.2) is 5.82 Å². The molecule has 0 aromatic carbocycles. The molecule has 0 bridgehead atoms. The highest BCUT2D eigenvalue weighted by atomic mass is 16.5.